The molecule has 7 nitrogen and oxygen atoms in total. The van der Waals surface area contributed by atoms with Crippen molar-refractivity contribution in [1.82, 2.24) is 0 Å². The second-order valence-corrected chi connectivity index (χ2v) is 5.93. The molecule has 0 aliphatic carbocycles. The monoisotopic (exact) mass is 366 g/mol. The Labute approximate surface area is 153 Å². The third-order valence-corrected chi connectivity index (χ3v) is 3.96. The molecule has 1 aliphatic heterocycles. The van der Waals surface area contributed by atoms with Crippen molar-refractivity contribution < 1.29 is 33.6 Å². The van der Waals surface area contributed by atoms with Crippen molar-refractivity contribution >= 4 is 5.97 Å². The van der Waals surface area contributed by atoms with E-state index in [1.54, 1.807) is 6.08 Å². The Morgan fingerprint density at radius 2 is 2.04 bits per heavy atom. The summed E-state index contributed by atoms with van der Waals surface area (Å²) in [6, 6.07) is 9.67. The first-order valence-corrected chi connectivity index (χ1v) is 8.44. The van der Waals surface area contributed by atoms with Crippen molar-refractivity contribution in [2.45, 2.75) is 44.2 Å². The van der Waals surface area contributed by atoms with E-state index in [-0.39, 0.29) is 13.2 Å². The van der Waals surface area contributed by atoms with Gasteiger partial charge in [-0.25, -0.2) is 0 Å². The Bertz CT molecular complexity index is 562. The van der Waals surface area contributed by atoms with Gasteiger partial charge in [-0.3, -0.25) is 4.79 Å². The molecule has 144 valence electrons. The second kappa shape index (κ2) is 10.4. The van der Waals surface area contributed by atoms with Gasteiger partial charge in [-0.2, -0.15) is 0 Å². The van der Waals surface area contributed by atoms with Crippen LogP contribution in [0.1, 0.15) is 12.5 Å². The van der Waals surface area contributed by atoms with Crippen LogP contribution in [0.15, 0.2) is 43.0 Å². The van der Waals surface area contributed by atoms with Crippen molar-refractivity contribution in [2.24, 2.45) is 0 Å². The smallest absolute Gasteiger partial charge is 0.303 e. The maximum atomic E-state index is 11.4. The lowest BCUT2D eigenvalue weighted by molar-refractivity contribution is -0.306. The van der Waals surface area contributed by atoms with E-state index in [1.807, 2.05) is 30.3 Å². The second-order valence-electron chi connectivity index (χ2n) is 5.93. The fourth-order valence-corrected chi connectivity index (χ4v) is 2.78. The number of hydrogen-bond donors (Lipinski definition) is 1. The van der Waals surface area contributed by atoms with Gasteiger partial charge in [-0.05, 0) is 5.56 Å². The summed E-state index contributed by atoms with van der Waals surface area (Å²) in [7, 11) is 1.43. The Hall–Kier alpha value is -1.77. The molecular formula is C19H26O7. The number of aliphatic hydroxyl groups excluding tert-OH is 1. The molecule has 1 saturated heterocycles. The van der Waals surface area contributed by atoms with Gasteiger partial charge in [0.1, 0.15) is 18.3 Å². The predicted molar refractivity (Wildman–Crippen MR) is 93.3 cm³/mol. The zero-order valence-electron chi connectivity index (χ0n) is 15.1. The van der Waals surface area contributed by atoms with E-state index in [1.165, 1.54) is 14.0 Å². The molecule has 5 atom stereocenters. The third-order valence-electron chi connectivity index (χ3n) is 3.96. The first kappa shape index (κ1) is 20.5. The first-order valence-electron chi connectivity index (χ1n) is 8.44. The minimum Gasteiger partial charge on any atom is -0.454 e. The lowest BCUT2D eigenvalue weighted by Crippen LogP contribution is -2.61. The highest BCUT2D eigenvalue weighted by molar-refractivity contribution is 5.66. The molecule has 0 aromatic heterocycles. The average Bonchev–Trinajstić information content (AvgIpc) is 2.63. The minimum atomic E-state index is -1.04. The lowest BCUT2D eigenvalue weighted by atomic mass is 9.98. The number of hydrogen-bond acceptors (Lipinski definition) is 7. The van der Waals surface area contributed by atoms with Crippen LogP contribution < -0.4 is 0 Å². The molecule has 0 saturated carbocycles. The van der Waals surface area contributed by atoms with Gasteiger partial charge in [0.05, 0.1) is 19.8 Å². The largest absolute Gasteiger partial charge is 0.454 e. The lowest BCUT2D eigenvalue weighted by Gasteiger charge is -2.42. The molecule has 1 aromatic carbocycles. The fraction of sp³-hybridized carbons (Fsp3) is 0.526. The van der Waals surface area contributed by atoms with Gasteiger partial charge in [-0.15, -0.1) is 6.58 Å². The summed E-state index contributed by atoms with van der Waals surface area (Å²) < 4.78 is 27.6. The molecule has 1 heterocycles. The molecular weight excluding hydrogens is 340 g/mol. The van der Waals surface area contributed by atoms with Crippen LogP contribution in [-0.2, 0) is 35.1 Å². The standard InChI is InChI=1S/C19H26O7/c1-4-10-24-19-18(25-13(2)20)17(22-3)16(21)15(26-19)12-23-11-14-8-6-5-7-9-14/h4-9,15-19,21H,1,10-12H2,2-3H3/t15-,16-,17+,18-,19-/m1/s1. The highest BCUT2D eigenvalue weighted by Gasteiger charge is 2.48. The molecule has 0 spiro atoms. The van der Waals surface area contributed by atoms with Gasteiger partial charge in [0.15, 0.2) is 12.4 Å². The zero-order valence-corrected chi connectivity index (χ0v) is 15.1. The van der Waals surface area contributed by atoms with E-state index >= 15 is 0 Å². The summed E-state index contributed by atoms with van der Waals surface area (Å²) in [5.41, 5.74) is 1.01. The van der Waals surface area contributed by atoms with Gasteiger partial charge in [0, 0.05) is 14.0 Å². The van der Waals surface area contributed by atoms with E-state index in [0.29, 0.717) is 6.61 Å². The Morgan fingerprint density at radius 1 is 1.31 bits per heavy atom. The van der Waals surface area contributed by atoms with E-state index in [2.05, 4.69) is 6.58 Å². The van der Waals surface area contributed by atoms with Gasteiger partial charge in [0.2, 0.25) is 0 Å². The topological polar surface area (TPSA) is 83.5 Å². The van der Waals surface area contributed by atoms with Crippen LogP contribution in [0.5, 0.6) is 0 Å². The van der Waals surface area contributed by atoms with Crippen LogP contribution in [0.3, 0.4) is 0 Å². The highest BCUT2D eigenvalue weighted by Crippen LogP contribution is 2.27. The quantitative estimate of drug-likeness (QED) is 0.523. The van der Waals surface area contributed by atoms with Crippen LogP contribution in [-0.4, -0.2) is 62.1 Å². The summed E-state index contributed by atoms with van der Waals surface area (Å²) in [5.74, 6) is -0.515. The number of aliphatic hydroxyl groups is 1. The Kier molecular flexibility index (Phi) is 8.21. The molecule has 1 fully saturated rings. The van der Waals surface area contributed by atoms with Gasteiger partial charge >= 0.3 is 5.97 Å². The Balaban J connectivity index is 2.01. The summed E-state index contributed by atoms with van der Waals surface area (Å²) >= 11 is 0. The van der Waals surface area contributed by atoms with Crippen LogP contribution in [0.25, 0.3) is 0 Å². The number of carbonyl (C=O) groups is 1. The van der Waals surface area contributed by atoms with Crippen molar-refractivity contribution in [3.8, 4) is 0 Å². The highest BCUT2D eigenvalue weighted by atomic mass is 16.7. The van der Waals surface area contributed by atoms with Crippen molar-refractivity contribution in [3.63, 3.8) is 0 Å². The summed E-state index contributed by atoms with van der Waals surface area (Å²) in [6.45, 7) is 5.59. The van der Waals surface area contributed by atoms with Gasteiger partial charge in [-0.1, -0.05) is 36.4 Å². The maximum absolute atomic E-state index is 11.4. The fourth-order valence-electron chi connectivity index (χ4n) is 2.78. The van der Waals surface area contributed by atoms with E-state index in [9.17, 15) is 9.90 Å². The molecule has 7 heteroatoms. The molecule has 2 rings (SSSR count). The molecule has 1 N–H and O–H groups in total. The van der Waals surface area contributed by atoms with Crippen LogP contribution >= 0.6 is 0 Å². The van der Waals surface area contributed by atoms with Crippen LogP contribution in [0, 0.1) is 0 Å². The van der Waals surface area contributed by atoms with Crippen molar-refractivity contribution in [2.75, 3.05) is 20.3 Å². The van der Waals surface area contributed by atoms with Crippen molar-refractivity contribution in [3.05, 3.63) is 48.6 Å². The predicted octanol–water partition coefficient (Wildman–Crippen LogP) is 1.44. The van der Waals surface area contributed by atoms with E-state index in [4.69, 9.17) is 23.7 Å². The molecule has 26 heavy (non-hydrogen) atoms. The molecule has 1 aliphatic rings. The molecule has 0 unspecified atom stereocenters. The number of methoxy groups -OCH3 is 1. The molecule has 0 bridgehead atoms. The molecule has 0 amide bonds. The summed E-state index contributed by atoms with van der Waals surface area (Å²) in [6.07, 6.45) is -2.75. The van der Waals surface area contributed by atoms with Crippen LogP contribution in [0.4, 0.5) is 0 Å². The van der Waals surface area contributed by atoms with Crippen LogP contribution in [0.2, 0.25) is 0 Å². The normalized spacial score (nSPS) is 28.5. The number of carbonyl (C=O) groups excluding carboxylic acids is 1. The SMILES string of the molecule is C=CCO[C@@H]1O[C@H](COCc2ccccc2)[C@@H](O)[C@H](OC)[C@H]1OC(C)=O. The average molecular weight is 366 g/mol. The number of benzene rings is 1. The van der Waals surface area contributed by atoms with E-state index in [0.717, 1.165) is 5.56 Å². The van der Waals surface area contributed by atoms with E-state index < -0.39 is 36.7 Å². The number of esters is 1. The summed E-state index contributed by atoms with van der Waals surface area (Å²) in [5, 5.41) is 10.6. The first-order chi connectivity index (χ1) is 12.6. The molecule has 1 aromatic rings. The van der Waals surface area contributed by atoms with Gasteiger partial charge in [0.25, 0.3) is 0 Å². The minimum absolute atomic E-state index is 0.136. The molecule has 0 radical (unpaired) electrons. The summed E-state index contributed by atoms with van der Waals surface area (Å²) in [4.78, 5) is 11.4. The zero-order chi connectivity index (χ0) is 18.9. The Morgan fingerprint density at radius 3 is 2.65 bits per heavy atom. The maximum Gasteiger partial charge on any atom is 0.303 e. The van der Waals surface area contributed by atoms with Gasteiger partial charge < -0.3 is 28.8 Å². The van der Waals surface area contributed by atoms with Crippen molar-refractivity contribution in [1.29, 1.82) is 0 Å². The number of ether oxygens (including phenoxy) is 5. The third kappa shape index (κ3) is 5.62. The number of rotatable bonds is 9.